The summed E-state index contributed by atoms with van der Waals surface area (Å²) in [5, 5.41) is 13.8. The molecule has 4 rings (SSSR count). The second-order valence-corrected chi connectivity index (χ2v) is 9.16. The van der Waals surface area contributed by atoms with Gasteiger partial charge in [-0.3, -0.25) is 14.5 Å². The predicted octanol–water partition coefficient (Wildman–Crippen LogP) is 4.71. The Labute approximate surface area is 201 Å². The van der Waals surface area contributed by atoms with E-state index in [2.05, 4.69) is 22.3 Å². The Morgan fingerprint density at radius 2 is 1.41 bits per heavy atom. The van der Waals surface area contributed by atoms with E-state index in [0.29, 0.717) is 49.3 Å². The number of carbonyl (C=O) groups excluding carboxylic acids is 2. The van der Waals surface area contributed by atoms with Crippen LogP contribution in [0.25, 0.3) is 0 Å². The first-order chi connectivity index (χ1) is 16.5. The number of piperidine rings is 1. The first kappa shape index (κ1) is 23.9. The van der Waals surface area contributed by atoms with E-state index in [9.17, 15) is 14.7 Å². The van der Waals surface area contributed by atoms with E-state index in [1.165, 1.54) is 5.56 Å². The minimum Gasteiger partial charge on any atom is -0.390 e. The number of anilines is 1. The molecule has 176 valence electrons. The van der Waals surface area contributed by atoms with Crippen LogP contribution in [-0.2, 0) is 11.2 Å². The second kappa shape index (κ2) is 11.2. The van der Waals surface area contributed by atoms with E-state index in [1.54, 1.807) is 36.4 Å². The van der Waals surface area contributed by atoms with Gasteiger partial charge >= 0.3 is 0 Å². The van der Waals surface area contributed by atoms with Crippen LogP contribution in [0.1, 0.15) is 47.2 Å². The van der Waals surface area contributed by atoms with E-state index >= 15 is 0 Å². The molecule has 1 aliphatic heterocycles. The summed E-state index contributed by atoms with van der Waals surface area (Å²) in [5.41, 5.74) is 2.57. The number of amides is 1. The number of likely N-dealkylation sites (tertiary alicyclic amines) is 1. The van der Waals surface area contributed by atoms with Gasteiger partial charge in [-0.1, -0.05) is 60.7 Å². The Hall–Kier alpha value is -3.28. The smallest absolute Gasteiger partial charge is 0.238 e. The van der Waals surface area contributed by atoms with Crippen LogP contribution >= 0.6 is 0 Å². The minimum absolute atomic E-state index is 0.0388. The maximum atomic E-state index is 12.5. The maximum Gasteiger partial charge on any atom is 0.238 e. The zero-order chi connectivity index (χ0) is 23.8. The van der Waals surface area contributed by atoms with E-state index in [1.807, 2.05) is 36.4 Å². The zero-order valence-electron chi connectivity index (χ0n) is 19.5. The first-order valence-electron chi connectivity index (χ1n) is 12.0. The summed E-state index contributed by atoms with van der Waals surface area (Å²) >= 11 is 0. The van der Waals surface area contributed by atoms with Gasteiger partial charge in [0.2, 0.25) is 5.91 Å². The topological polar surface area (TPSA) is 69.6 Å². The third-order valence-corrected chi connectivity index (χ3v) is 6.57. The fraction of sp³-hybridized carbons (Fsp3) is 0.310. The van der Waals surface area contributed by atoms with Gasteiger partial charge < -0.3 is 10.4 Å². The highest BCUT2D eigenvalue weighted by atomic mass is 16.3. The third kappa shape index (κ3) is 6.62. The molecule has 5 nitrogen and oxygen atoms in total. The maximum absolute atomic E-state index is 12.5. The van der Waals surface area contributed by atoms with Crippen molar-refractivity contribution in [2.45, 2.75) is 37.7 Å². The molecule has 0 bridgehead atoms. The lowest BCUT2D eigenvalue weighted by atomic mass is 9.86. The van der Waals surface area contributed by atoms with Gasteiger partial charge in [0.25, 0.3) is 0 Å². The van der Waals surface area contributed by atoms with Gasteiger partial charge in [0.15, 0.2) is 5.78 Å². The lowest BCUT2D eigenvalue weighted by Crippen LogP contribution is -2.46. The molecule has 34 heavy (non-hydrogen) atoms. The van der Waals surface area contributed by atoms with Gasteiger partial charge in [0.1, 0.15) is 0 Å². The number of hydrogen-bond acceptors (Lipinski definition) is 4. The van der Waals surface area contributed by atoms with E-state index < -0.39 is 5.60 Å². The Morgan fingerprint density at radius 3 is 2.06 bits per heavy atom. The van der Waals surface area contributed by atoms with Crippen molar-refractivity contribution in [3.05, 3.63) is 102 Å². The van der Waals surface area contributed by atoms with Gasteiger partial charge in [0, 0.05) is 29.9 Å². The Bertz CT molecular complexity index is 1070. The largest absolute Gasteiger partial charge is 0.390 e. The molecule has 1 fully saturated rings. The fourth-order valence-corrected chi connectivity index (χ4v) is 4.51. The summed E-state index contributed by atoms with van der Waals surface area (Å²) in [6.07, 6.45) is 4.10. The number of rotatable bonds is 9. The lowest BCUT2D eigenvalue weighted by molar-refractivity contribution is -0.118. The van der Waals surface area contributed by atoms with Gasteiger partial charge in [-0.05, 0) is 61.9 Å². The minimum atomic E-state index is -0.636. The van der Waals surface area contributed by atoms with Crippen molar-refractivity contribution in [2.75, 3.05) is 25.0 Å². The Balaban J connectivity index is 1.20. The summed E-state index contributed by atoms with van der Waals surface area (Å²) < 4.78 is 0. The molecule has 0 spiro atoms. The van der Waals surface area contributed by atoms with Gasteiger partial charge in [-0.25, -0.2) is 0 Å². The molecule has 3 aromatic rings. The number of ketones is 1. The molecule has 0 unspecified atom stereocenters. The highest BCUT2D eigenvalue weighted by molar-refractivity contribution is 6.09. The SMILES string of the molecule is O=C(CN1CCC(O)(CCCc2ccccc2)CC1)Nc1ccc(C(=O)c2ccccc2)cc1. The molecule has 0 saturated carbocycles. The number of aliphatic hydroxyl groups is 1. The van der Waals surface area contributed by atoms with E-state index in [4.69, 9.17) is 0 Å². The van der Waals surface area contributed by atoms with Crippen molar-refractivity contribution < 1.29 is 14.7 Å². The molecule has 1 saturated heterocycles. The Kier molecular flexibility index (Phi) is 7.88. The first-order valence-corrected chi connectivity index (χ1v) is 12.0. The van der Waals surface area contributed by atoms with Crippen LogP contribution < -0.4 is 5.32 Å². The molecule has 3 aromatic carbocycles. The number of hydrogen-bond donors (Lipinski definition) is 2. The van der Waals surface area contributed by atoms with Crippen LogP contribution in [0.3, 0.4) is 0 Å². The van der Waals surface area contributed by atoms with Crippen LogP contribution in [0, 0.1) is 0 Å². The van der Waals surface area contributed by atoms with Gasteiger partial charge in [-0.15, -0.1) is 0 Å². The van der Waals surface area contributed by atoms with Crippen LogP contribution in [0.4, 0.5) is 5.69 Å². The molecule has 0 aromatic heterocycles. The van der Waals surface area contributed by atoms with Gasteiger partial charge in [-0.2, -0.15) is 0 Å². The van der Waals surface area contributed by atoms with Crippen LogP contribution in [0.2, 0.25) is 0 Å². The lowest BCUT2D eigenvalue weighted by Gasteiger charge is -2.38. The van der Waals surface area contributed by atoms with Crippen molar-refractivity contribution in [2.24, 2.45) is 0 Å². The van der Waals surface area contributed by atoms with Crippen molar-refractivity contribution in [3.8, 4) is 0 Å². The molecule has 0 radical (unpaired) electrons. The number of carbonyl (C=O) groups is 2. The Morgan fingerprint density at radius 1 is 0.824 bits per heavy atom. The molecule has 1 aliphatic rings. The monoisotopic (exact) mass is 456 g/mol. The molecule has 0 aliphatic carbocycles. The normalized spacial score (nSPS) is 15.6. The molecule has 5 heteroatoms. The summed E-state index contributed by atoms with van der Waals surface area (Å²) in [7, 11) is 0. The van der Waals surface area contributed by atoms with Crippen molar-refractivity contribution in [1.29, 1.82) is 0 Å². The predicted molar refractivity (Wildman–Crippen MR) is 135 cm³/mol. The number of nitrogens with one attached hydrogen (secondary N) is 1. The van der Waals surface area contributed by atoms with Crippen molar-refractivity contribution in [1.82, 2.24) is 4.90 Å². The number of benzene rings is 3. The van der Waals surface area contributed by atoms with Crippen LogP contribution in [0.15, 0.2) is 84.9 Å². The average Bonchev–Trinajstić information content (AvgIpc) is 2.87. The molecule has 1 heterocycles. The van der Waals surface area contributed by atoms with E-state index in [0.717, 1.165) is 19.3 Å². The van der Waals surface area contributed by atoms with Gasteiger partial charge in [0.05, 0.1) is 12.1 Å². The number of nitrogens with zero attached hydrogens (tertiary/aromatic N) is 1. The standard InChI is InChI=1S/C29H32N2O3/c32-27(30-26-15-13-25(14-16-26)28(33)24-11-5-2-6-12-24)22-31-20-18-29(34,19-21-31)17-7-10-23-8-3-1-4-9-23/h1-6,8-9,11-16,34H,7,10,17-22H2,(H,30,32). The summed E-state index contributed by atoms with van der Waals surface area (Å²) in [6, 6.07) is 26.5. The van der Waals surface area contributed by atoms with Crippen molar-refractivity contribution >= 4 is 17.4 Å². The number of aryl methyl sites for hydroxylation is 1. The summed E-state index contributed by atoms with van der Waals surface area (Å²) in [4.78, 5) is 27.1. The fourth-order valence-electron chi connectivity index (χ4n) is 4.51. The highest BCUT2D eigenvalue weighted by Crippen LogP contribution is 2.27. The molecule has 0 atom stereocenters. The summed E-state index contributed by atoms with van der Waals surface area (Å²) in [5.74, 6) is -0.125. The third-order valence-electron chi connectivity index (χ3n) is 6.57. The molecular formula is C29H32N2O3. The average molecular weight is 457 g/mol. The molecule has 2 N–H and O–H groups in total. The zero-order valence-corrected chi connectivity index (χ0v) is 19.5. The van der Waals surface area contributed by atoms with Crippen molar-refractivity contribution in [3.63, 3.8) is 0 Å². The molecule has 1 amide bonds. The van der Waals surface area contributed by atoms with E-state index in [-0.39, 0.29) is 11.7 Å². The highest BCUT2D eigenvalue weighted by Gasteiger charge is 2.32. The van der Waals surface area contributed by atoms with Crippen LogP contribution in [0.5, 0.6) is 0 Å². The molecular weight excluding hydrogens is 424 g/mol. The van der Waals surface area contributed by atoms with Crippen LogP contribution in [-0.4, -0.2) is 46.9 Å². The summed E-state index contributed by atoms with van der Waals surface area (Å²) in [6.45, 7) is 1.71. The second-order valence-electron chi connectivity index (χ2n) is 9.16. The quantitative estimate of drug-likeness (QED) is 0.458.